The van der Waals surface area contributed by atoms with Crippen LogP contribution in [-0.4, -0.2) is 36.7 Å². The van der Waals surface area contributed by atoms with Crippen molar-refractivity contribution in [2.24, 2.45) is 12.5 Å². The predicted octanol–water partition coefficient (Wildman–Crippen LogP) is 3.50. The summed E-state index contributed by atoms with van der Waals surface area (Å²) in [7, 11) is -0.785. The number of nitrogens with zero attached hydrogens (tertiary/aromatic N) is 3. The maximum absolute atomic E-state index is 13.1. The number of anilines is 1. The van der Waals surface area contributed by atoms with Crippen LogP contribution < -0.4 is 9.62 Å². The molecule has 1 N–H and O–H groups in total. The smallest absolute Gasteiger partial charge is 0.265 e. The summed E-state index contributed by atoms with van der Waals surface area (Å²) in [5, 5.41) is 7.16. The largest absolute Gasteiger partial charge is 0.347 e. The summed E-state index contributed by atoms with van der Waals surface area (Å²) in [5.41, 5.74) is 0.748. The molecule has 160 valence electrons. The molecule has 7 nitrogen and oxygen atoms in total. The van der Waals surface area contributed by atoms with E-state index in [1.54, 1.807) is 31.3 Å². The summed E-state index contributed by atoms with van der Waals surface area (Å²) >= 11 is 0. The first kappa shape index (κ1) is 22.9. The highest BCUT2D eigenvalue weighted by Gasteiger charge is 2.32. The number of amides is 1. The second kappa shape index (κ2) is 7.82. The van der Waals surface area contributed by atoms with Gasteiger partial charge in [0.1, 0.15) is 5.56 Å². The van der Waals surface area contributed by atoms with Crippen molar-refractivity contribution in [1.82, 2.24) is 15.1 Å². The van der Waals surface area contributed by atoms with Crippen molar-refractivity contribution in [2.75, 3.05) is 11.4 Å². The maximum atomic E-state index is 13.1. The van der Waals surface area contributed by atoms with E-state index in [9.17, 15) is 13.2 Å². The molecule has 0 aliphatic rings. The van der Waals surface area contributed by atoms with Crippen LogP contribution in [0.2, 0.25) is 0 Å². The molecule has 2 rings (SSSR count). The van der Waals surface area contributed by atoms with Gasteiger partial charge in [-0.25, -0.2) is 8.42 Å². The van der Waals surface area contributed by atoms with Crippen LogP contribution in [0.5, 0.6) is 0 Å². The lowest BCUT2D eigenvalue weighted by molar-refractivity contribution is 0.0892. The summed E-state index contributed by atoms with van der Waals surface area (Å²) in [6.45, 7) is 12.1. The molecule has 0 spiro atoms. The molecule has 0 radical (unpaired) electrons. The number of aromatic nitrogens is 2. The van der Waals surface area contributed by atoms with Crippen LogP contribution >= 0.6 is 0 Å². The predicted molar refractivity (Wildman–Crippen MR) is 116 cm³/mol. The van der Waals surface area contributed by atoms with Crippen LogP contribution in [0.3, 0.4) is 0 Å². The van der Waals surface area contributed by atoms with Gasteiger partial charge in [0.2, 0.25) is 0 Å². The second-order valence-electron chi connectivity index (χ2n) is 9.37. The van der Waals surface area contributed by atoms with Crippen molar-refractivity contribution in [1.29, 1.82) is 0 Å². The van der Waals surface area contributed by atoms with Crippen LogP contribution in [-0.2, 0) is 17.1 Å². The SMILES string of the molecule is Cc1ccc(S(=O)(=O)N(C)c2c(C(=O)NC(C)(C)CC(C)(C)C)cnn2C)cc1. The number of sulfonamides is 1. The lowest BCUT2D eigenvalue weighted by Gasteiger charge is -2.33. The number of aryl methyl sites for hydroxylation is 2. The van der Waals surface area contributed by atoms with Gasteiger partial charge in [0.05, 0.1) is 11.1 Å². The third-order valence-corrected chi connectivity index (χ3v) is 6.32. The van der Waals surface area contributed by atoms with E-state index in [1.807, 2.05) is 20.8 Å². The molecule has 0 atom stereocenters. The Morgan fingerprint density at radius 2 is 1.69 bits per heavy atom. The average molecular weight is 421 g/mol. The highest BCUT2D eigenvalue weighted by atomic mass is 32.2. The van der Waals surface area contributed by atoms with Crippen molar-refractivity contribution < 1.29 is 13.2 Å². The molecule has 0 unspecified atom stereocenters. The second-order valence-corrected chi connectivity index (χ2v) is 11.3. The van der Waals surface area contributed by atoms with Crippen molar-refractivity contribution in [3.05, 3.63) is 41.6 Å². The third kappa shape index (κ3) is 5.38. The Kier molecular flexibility index (Phi) is 6.18. The Hall–Kier alpha value is -2.35. The van der Waals surface area contributed by atoms with Gasteiger partial charge < -0.3 is 5.32 Å². The van der Waals surface area contributed by atoms with Gasteiger partial charge in [-0.15, -0.1) is 0 Å². The number of hydrogen-bond acceptors (Lipinski definition) is 4. The first-order valence-electron chi connectivity index (χ1n) is 9.54. The van der Waals surface area contributed by atoms with Gasteiger partial charge in [0.15, 0.2) is 5.82 Å². The van der Waals surface area contributed by atoms with Gasteiger partial charge >= 0.3 is 0 Å². The van der Waals surface area contributed by atoms with Gasteiger partial charge in [0, 0.05) is 19.6 Å². The first-order chi connectivity index (χ1) is 13.1. The Labute approximate surface area is 174 Å². The lowest BCUT2D eigenvalue weighted by atomic mass is 9.81. The van der Waals surface area contributed by atoms with Crippen LogP contribution in [0, 0.1) is 12.3 Å². The van der Waals surface area contributed by atoms with Gasteiger partial charge in [-0.05, 0) is 44.7 Å². The molecule has 0 aliphatic carbocycles. The van der Waals surface area contributed by atoms with E-state index in [4.69, 9.17) is 0 Å². The Morgan fingerprint density at radius 3 is 2.21 bits per heavy atom. The quantitative estimate of drug-likeness (QED) is 0.775. The first-order valence-corrected chi connectivity index (χ1v) is 11.0. The van der Waals surface area contributed by atoms with Gasteiger partial charge in [-0.1, -0.05) is 38.5 Å². The minimum absolute atomic E-state index is 0.0279. The highest BCUT2D eigenvalue weighted by molar-refractivity contribution is 7.92. The molecule has 0 saturated heterocycles. The standard InChI is InChI=1S/C21H32N4O3S/c1-15-9-11-16(12-10-15)29(27,28)25(8)19-17(13-22-24(19)7)18(26)23-21(5,6)14-20(2,3)4/h9-13H,14H2,1-8H3,(H,23,26). The minimum Gasteiger partial charge on any atom is -0.347 e. The molecule has 0 fully saturated rings. The number of rotatable bonds is 6. The third-order valence-electron chi connectivity index (χ3n) is 4.55. The molecule has 1 amide bonds. The zero-order valence-electron chi connectivity index (χ0n) is 18.6. The monoisotopic (exact) mass is 420 g/mol. The summed E-state index contributed by atoms with van der Waals surface area (Å²) in [6.07, 6.45) is 2.16. The van der Waals surface area contributed by atoms with Crippen molar-refractivity contribution in [3.63, 3.8) is 0 Å². The zero-order valence-corrected chi connectivity index (χ0v) is 19.4. The molecule has 0 saturated carbocycles. The zero-order chi connectivity index (χ0) is 22.2. The number of carbonyl (C=O) groups excluding carboxylic acids is 1. The molecule has 8 heteroatoms. The van der Waals surface area contributed by atoms with Crippen LogP contribution in [0.25, 0.3) is 0 Å². The lowest BCUT2D eigenvalue weighted by Crippen LogP contribution is -2.46. The molecule has 2 aromatic rings. The Morgan fingerprint density at radius 1 is 1.14 bits per heavy atom. The Bertz CT molecular complexity index is 984. The molecule has 1 heterocycles. The fraction of sp³-hybridized carbons (Fsp3) is 0.524. The number of nitrogens with one attached hydrogen (secondary N) is 1. The molecule has 29 heavy (non-hydrogen) atoms. The van der Waals surface area contributed by atoms with Crippen LogP contribution in [0.1, 0.15) is 57.0 Å². The topological polar surface area (TPSA) is 84.3 Å². The van der Waals surface area contributed by atoms with E-state index >= 15 is 0 Å². The molecule has 0 bridgehead atoms. The molecular weight excluding hydrogens is 388 g/mol. The van der Waals surface area contributed by atoms with E-state index in [2.05, 4.69) is 31.2 Å². The summed E-state index contributed by atoms with van der Waals surface area (Å²) in [4.78, 5) is 13.2. The summed E-state index contributed by atoms with van der Waals surface area (Å²) < 4.78 is 28.7. The van der Waals surface area contributed by atoms with Gasteiger partial charge in [-0.3, -0.25) is 13.8 Å². The molecule has 1 aromatic carbocycles. The van der Waals surface area contributed by atoms with Gasteiger partial charge in [-0.2, -0.15) is 5.10 Å². The Balaban J connectivity index is 2.38. The highest BCUT2D eigenvalue weighted by Crippen LogP contribution is 2.29. The van der Waals surface area contributed by atoms with E-state index in [1.165, 1.54) is 17.9 Å². The number of benzene rings is 1. The van der Waals surface area contributed by atoms with Crippen molar-refractivity contribution >= 4 is 21.7 Å². The number of hydrogen-bond donors (Lipinski definition) is 1. The van der Waals surface area contributed by atoms with E-state index in [-0.39, 0.29) is 27.6 Å². The van der Waals surface area contributed by atoms with E-state index in [0.29, 0.717) is 0 Å². The van der Waals surface area contributed by atoms with Crippen LogP contribution in [0.15, 0.2) is 35.4 Å². The normalized spacial score (nSPS) is 12.7. The van der Waals surface area contributed by atoms with E-state index in [0.717, 1.165) is 16.3 Å². The summed E-state index contributed by atoms with van der Waals surface area (Å²) in [5.74, 6) is -0.136. The molecular formula is C21H32N4O3S. The number of carbonyl (C=O) groups is 1. The molecule has 0 aliphatic heterocycles. The van der Waals surface area contributed by atoms with E-state index < -0.39 is 15.6 Å². The van der Waals surface area contributed by atoms with Crippen molar-refractivity contribution in [3.8, 4) is 0 Å². The van der Waals surface area contributed by atoms with Crippen LogP contribution in [0.4, 0.5) is 5.82 Å². The van der Waals surface area contributed by atoms with Gasteiger partial charge in [0.25, 0.3) is 15.9 Å². The molecule has 1 aromatic heterocycles. The summed E-state index contributed by atoms with van der Waals surface area (Å²) in [6, 6.07) is 6.60. The maximum Gasteiger partial charge on any atom is 0.265 e. The fourth-order valence-electron chi connectivity index (χ4n) is 3.69. The minimum atomic E-state index is -3.84. The average Bonchev–Trinajstić information content (AvgIpc) is 2.93. The van der Waals surface area contributed by atoms with Crippen molar-refractivity contribution in [2.45, 2.75) is 58.4 Å². The fourth-order valence-corrected chi connectivity index (χ4v) is 4.93.